The predicted molar refractivity (Wildman–Crippen MR) is 125 cm³/mol. The molecule has 0 bridgehead atoms. The molecule has 0 aromatic heterocycles. The molecule has 0 heterocycles. The van der Waals surface area contributed by atoms with Crippen molar-refractivity contribution in [2.75, 3.05) is 0 Å². The summed E-state index contributed by atoms with van der Waals surface area (Å²) in [5.74, 6) is 2.31. The number of fused-ring (bicyclic) bond motifs is 2. The Hall–Kier alpha value is -0.460. The summed E-state index contributed by atoms with van der Waals surface area (Å²) in [6.45, 7) is 14.2. The molecule has 0 radical (unpaired) electrons. The summed E-state index contributed by atoms with van der Waals surface area (Å²) in [6, 6.07) is 0. The SMILES string of the molecule is C=C[CH2][Zr]([CH2]C=C)([CH]1CCC2C=CC=CC21)([CH]1CCC2C=CC=CC21)[SiH](C)C. The van der Waals surface area contributed by atoms with Gasteiger partial charge in [-0.15, -0.1) is 0 Å². The Bertz CT molecular complexity index is 682. The van der Waals surface area contributed by atoms with E-state index in [1.165, 1.54) is 33.9 Å². The van der Waals surface area contributed by atoms with Gasteiger partial charge in [0.1, 0.15) is 0 Å². The van der Waals surface area contributed by atoms with E-state index in [0.717, 1.165) is 30.9 Å². The van der Waals surface area contributed by atoms with Crippen LogP contribution in [-0.4, -0.2) is 5.92 Å². The molecule has 0 spiro atoms. The van der Waals surface area contributed by atoms with Crippen LogP contribution >= 0.6 is 0 Å². The van der Waals surface area contributed by atoms with E-state index < -0.39 is 23.9 Å². The quantitative estimate of drug-likeness (QED) is 0.263. The van der Waals surface area contributed by atoms with Crippen LogP contribution in [-0.2, 0) is 17.9 Å². The van der Waals surface area contributed by atoms with E-state index in [0.29, 0.717) is 0 Å². The Morgan fingerprint density at radius 3 is 1.57 bits per heavy atom. The van der Waals surface area contributed by atoms with Gasteiger partial charge < -0.3 is 0 Å². The molecule has 2 fully saturated rings. The van der Waals surface area contributed by atoms with Gasteiger partial charge in [-0.3, -0.25) is 0 Å². The molecule has 0 aliphatic heterocycles. The molecule has 6 unspecified atom stereocenters. The zero-order valence-electron chi connectivity index (χ0n) is 18.0. The normalized spacial score (nSPS) is 37.5. The Morgan fingerprint density at radius 1 is 0.750 bits per heavy atom. The number of rotatable bonds is 7. The summed E-state index contributed by atoms with van der Waals surface area (Å²) < 4.78 is 4.71. The second-order valence-corrected chi connectivity index (χ2v) is 45.5. The van der Waals surface area contributed by atoms with Crippen LogP contribution in [0.25, 0.3) is 0 Å². The molecule has 0 aromatic rings. The molecular formula is C26H39SiZr. The van der Waals surface area contributed by atoms with Gasteiger partial charge in [-0.1, -0.05) is 0 Å². The van der Waals surface area contributed by atoms with Crippen molar-refractivity contribution in [3.63, 3.8) is 0 Å². The molecule has 2 heteroatoms. The average molecular weight is 471 g/mol. The third-order valence-electron chi connectivity index (χ3n) is 9.82. The Morgan fingerprint density at radius 2 is 1.18 bits per heavy atom. The fraction of sp³-hybridized carbons (Fsp3) is 0.538. The molecular weight excluding hydrogens is 432 g/mol. The van der Waals surface area contributed by atoms with Gasteiger partial charge in [-0.25, -0.2) is 0 Å². The van der Waals surface area contributed by atoms with Crippen LogP contribution in [0, 0.1) is 23.7 Å². The van der Waals surface area contributed by atoms with Crippen LogP contribution in [0.15, 0.2) is 73.9 Å². The zero-order valence-corrected chi connectivity index (χ0v) is 21.6. The van der Waals surface area contributed by atoms with Gasteiger partial charge in [0.2, 0.25) is 0 Å². The van der Waals surface area contributed by atoms with E-state index in [2.05, 4.69) is 87.0 Å². The molecule has 0 aromatic carbocycles. The molecule has 0 amide bonds. The van der Waals surface area contributed by atoms with Crippen LogP contribution in [0.3, 0.4) is 0 Å². The summed E-state index contributed by atoms with van der Waals surface area (Å²) >= 11 is -3.28. The topological polar surface area (TPSA) is 0 Å². The van der Waals surface area contributed by atoms with Crippen molar-refractivity contribution in [3.05, 3.63) is 73.9 Å². The monoisotopic (exact) mass is 469 g/mol. The molecule has 4 aliphatic carbocycles. The first kappa shape index (κ1) is 20.8. The van der Waals surface area contributed by atoms with Crippen molar-refractivity contribution in [2.45, 2.75) is 54.3 Å². The number of hydrogen-bond acceptors (Lipinski definition) is 0. The minimum atomic E-state index is -3.28. The molecule has 151 valence electrons. The van der Waals surface area contributed by atoms with E-state index in [4.69, 9.17) is 0 Å². The van der Waals surface area contributed by atoms with Gasteiger partial charge in [0, 0.05) is 0 Å². The summed E-state index contributed by atoms with van der Waals surface area (Å²) in [6.07, 6.45) is 30.1. The van der Waals surface area contributed by atoms with E-state index in [9.17, 15) is 0 Å². The first-order valence-electron chi connectivity index (χ1n) is 11.7. The van der Waals surface area contributed by atoms with Crippen molar-refractivity contribution in [3.8, 4) is 0 Å². The fourth-order valence-corrected chi connectivity index (χ4v) is 56.7. The fourth-order valence-electron chi connectivity index (χ4n) is 8.64. The van der Waals surface area contributed by atoms with Gasteiger partial charge in [-0.05, 0) is 0 Å². The molecule has 2 saturated carbocycles. The predicted octanol–water partition coefficient (Wildman–Crippen LogP) is 7.75. The Kier molecular flexibility index (Phi) is 5.94. The van der Waals surface area contributed by atoms with Crippen LogP contribution in [0.5, 0.6) is 0 Å². The van der Waals surface area contributed by atoms with Crippen molar-refractivity contribution < 1.29 is 17.9 Å². The Labute approximate surface area is 175 Å². The molecule has 6 atom stereocenters. The second kappa shape index (κ2) is 7.99. The van der Waals surface area contributed by atoms with E-state index in [1.807, 2.05) is 0 Å². The van der Waals surface area contributed by atoms with E-state index >= 15 is 0 Å². The van der Waals surface area contributed by atoms with E-state index in [-0.39, 0.29) is 0 Å². The molecule has 4 aliphatic rings. The molecule has 0 saturated heterocycles. The summed E-state index contributed by atoms with van der Waals surface area (Å²) in [5.41, 5.74) is 0. The van der Waals surface area contributed by atoms with Crippen LogP contribution in [0.1, 0.15) is 25.7 Å². The Balaban J connectivity index is 1.90. The molecule has 4 rings (SSSR count). The molecule has 28 heavy (non-hydrogen) atoms. The first-order chi connectivity index (χ1) is 13.6. The van der Waals surface area contributed by atoms with Gasteiger partial charge in [0.15, 0.2) is 0 Å². The summed E-state index contributed by atoms with van der Waals surface area (Å²) in [7, 11) is 0. The maximum absolute atomic E-state index is 4.38. The summed E-state index contributed by atoms with van der Waals surface area (Å²) in [5, 5.41) is 0. The van der Waals surface area contributed by atoms with Crippen molar-refractivity contribution in [1.82, 2.24) is 0 Å². The zero-order chi connectivity index (χ0) is 19.8. The van der Waals surface area contributed by atoms with Crippen LogP contribution in [0.4, 0.5) is 0 Å². The average Bonchev–Trinajstić information content (AvgIpc) is 3.33. The summed E-state index contributed by atoms with van der Waals surface area (Å²) in [4.78, 5) is 0. The van der Waals surface area contributed by atoms with Crippen LogP contribution in [0.2, 0.25) is 28.6 Å². The standard InChI is InChI=1S/2C9H11.2C3H5.C2H7Si.Zr/c2*1-2-5-9-7-3-6-8(9)4-1;3*1-3-2;/h2*1-2,4-6,8-9H,3,7H2;2*3H,1-2H2;3H,1-2H3;. The maximum atomic E-state index is 4.38. The van der Waals surface area contributed by atoms with Gasteiger partial charge in [0.25, 0.3) is 0 Å². The van der Waals surface area contributed by atoms with Gasteiger partial charge >= 0.3 is 176 Å². The second-order valence-electron chi connectivity index (χ2n) is 10.5. The molecule has 0 N–H and O–H groups in total. The van der Waals surface area contributed by atoms with Crippen molar-refractivity contribution in [2.24, 2.45) is 23.7 Å². The van der Waals surface area contributed by atoms with Gasteiger partial charge in [0.05, 0.1) is 0 Å². The minimum absolute atomic E-state index is 0.796. The van der Waals surface area contributed by atoms with Crippen LogP contribution < -0.4 is 0 Å². The third kappa shape index (κ3) is 2.84. The first-order valence-corrected chi connectivity index (χ1v) is 25.1. The molecule has 0 nitrogen and oxygen atoms in total. The van der Waals surface area contributed by atoms with Crippen molar-refractivity contribution >= 4 is 5.92 Å². The van der Waals surface area contributed by atoms with Crippen molar-refractivity contribution in [1.29, 1.82) is 0 Å². The number of allylic oxidation sites excluding steroid dienone is 10. The third-order valence-corrected chi connectivity index (χ3v) is 61.5. The van der Waals surface area contributed by atoms with E-state index in [1.54, 1.807) is 0 Å². The number of hydrogen-bond donors (Lipinski definition) is 0. The van der Waals surface area contributed by atoms with Gasteiger partial charge in [-0.2, -0.15) is 0 Å².